The van der Waals surface area contributed by atoms with Crippen LogP contribution in [0.25, 0.3) is 0 Å². The first-order valence-electron chi connectivity index (χ1n) is 5.65. The first-order valence-corrected chi connectivity index (χ1v) is 5.65. The number of hydrogen-bond donors (Lipinski definition) is 1. The van der Waals surface area contributed by atoms with Crippen LogP contribution in [0.2, 0.25) is 0 Å². The van der Waals surface area contributed by atoms with Crippen molar-refractivity contribution in [3.05, 3.63) is 0 Å². The summed E-state index contributed by atoms with van der Waals surface area (Å²) in [6.07, 6.45) is 1.76. The zero-order valence-corrected chi connectivity index (χ0v) is 9.95. The Bertz CT molecular complexity index is 215. The van der Waals surface area contributed by atoms with E-state index < -0.39 is 0 Å². The molecule has 4 heteroatoms. The Labute approximate surface area is 91.8 Å². The summed E-state index contributed by atoms with van der Waals surface area (Å²) in [5, 5.41) is 0. The smallest absolute Gasteiger partial charge is 0.409 e. The molecule has 4 nitrogen and oxygen atoms in total. The molecule has 0 unspecified atom stereocenters. The first-order chi connectivity index (χ1) is 6.95. The third kappa shape index (κ3) is 3.38. The topological polar surface area (TPSA) is 55.6 Å². The molecule has 1 fully saturated rings. The molecule has 0 aromatic rings. The molecule has 1 rings (SSSR count). The summed E-state index contributed by atoms with van der Waals surface area (Å²) >= 11 is 0. The molecule has 1 amide bonds. The van der Waals surface area contributed by atoms with E-state index in [0.29, 0.717) is 12.5 Å². The van der Waals surface area contributed by atoms with E-state index >= 15 is 0 Å². The molecule has 0 aromatic heterocycles. The van der Waals surface area contributed by atoms with E-state index in [0.717, 1.165) is 25.9 Å². The van der Waals surface area contributed by atoms with E-state index in [2.05, 4.69) is 13.8 Å². The van der Waals surface area contributed by atoms with Gasteiger partial charge in [0.05, 0.1) is 6.61 Å². The van der Waals surface area contributed by atoms with E-state index in [-0.39, 0.29) is 11.6 Å². The summed E-state index contributed by atoms with van der Waals surface area (Å²) < 4.78 is 4.96. The van der Waals surface area contributed by atoms with E-state index in [1.807, 2.05) is 6.92 Å². The van der Waals surface area contributed by atoms with E-state index in [4.69, 9.17) is 10.5 Å². The summed E-state index contributed by atoms with van der Waals surface area (Å²) in [4.78, 5) is 13.2. The lowest BCUT2D eigenvalue weighted by atomic mass is 9.81. The molecule has 0 bridgehead atoms. The lowest BCUT2D eigenvalue weighted by molar-refractivity contribution is 0.0832. The van der Waals surface area contributed by atoms with Crippen LogP contribution < -0.4 is 5.73 Å². The van der Waals surface area contributed by atoms with Gasteiger partial charge in [-0.1, -0.05) is 0 Å². The number of amides is 1. The van der Waals surface area contributed by atoms with Crippen LogP contribution in [0.15, 0.2) is 0 Å². The molecule has 0 atom stereocenters. The van der Waals surface area contributed by atoms with Crippen LogP contribution in [-0.2, 0) is 4.74 Å². The molecular formula is C11H22N2O2. The van der Waals surface area contributed by atoms with Crippen molar-refractivity contribution >= 4 is 6.09 Å². The maximum absolute atomic E-state index is 11.4. The molecule has 0 spiro atoms. The van der Waals surface area contributed by atoms with Crippen LogP contribution in [0.4, 0.5) is 4.79 Å². The third-order valence-corrected chi connectivity index (χ3v) is 3.07. The lowest BCUT2D eigenvalue weighted by Gasteiger charge is -2.38. The number of rotatable bonds is 2. The van der Waals surface area contributed by atoms with Crippen molar-refractivity contribution in [2.24, 2.45) is 11.7 Å². The third-order valence-electron chi connectivity index (χ3n) is 3.07. The molecule has 15 heavy (non-hydrogen) atoms. The summed E-state index contributed by atoms with van der Waals surface area (Å²) in [5.41, 5.74) is 5.92. The Hall–Kier alpha value is -0.770. The van der Waals surface area contributed by atoms with Gasteiger partial charge in [0.25, 0.3) is 0 Å². The van der Waals surface area contributed by atoms with Gasteiger partial charge in [0.2, 0.25) is 0 Å². The Kier molecular flexibility index (Phi) is 3.97. The van der Waals surface area contributed by atoms with Crippen LogP contribution >= 0.6 is 0 Å². The Morgan fingerprint density at radius 3 is 2.40 bits per heavy atom. The molecule has 1 aliphatic heterocycles. The van der Waals surface area contributed by atoms with Crippen molar-refractivity contribution in [1.82, 2.24) is 4.90 Å². The highest BCUT2D eigenvalue weighted by molar-refractivity contribution is 5.67. The van der Waals surface area contributed by atoms with Gasteiger partial charge in [-0.2, -0.15) is 0 Å². The van der Waals surface area contributed by atoms with Crippen molar-refractivity contribution in [1.29, 1.82) is 0 Å². The predicted octanol–water partition coefficient (Wildman–Crippen LogP) is 1.59. The minimum Gasteiger partial charge on any atom is -0.450 e. The highest BCUT2D eigenvalue weighted by atomic mass is 16.6. The summed E-state index contributed by atoms with van der Waals surface area (Å²) in [7, 11) is 0. The van der Waals surface area contributed by atoms with Crippen molar-refractivity contribution in [2.45, 2.75) is 39.2 Å². The van der Waals surface area contributed by atoms with Crippen LogP contribution in [-0.4, -0.2) is 36.2 Å². The fraction of sp³-hybridized carbons (Fsp3) is 0.909. The van der Waals surface area contributed by atoms with Gasteiger partial charge in [-0.15, -0.1) is 0 Å². The first kappa shape index (κ1) is 12.3. The van der Waals surface area contributed by atoms with Gasteiger partial charge in [0.1, 0.15) is 0 Å². The number of ether oxygens (including phenoxy) is 1. The number of nitrogens with zero attached hydrogens (tertiary/aromatic N) is 1. The molecular weight excluding hydrogens is 192 g/mol. The number of carbonyl (C=O) groups is 1. The molecule has 0 aliphatic carbocycles. The van der Waals surface area contributed by atoms with Crippen LogP contribution in [0, 0.1) is 5.92 Å². The van der Waals surface area contributed by atoms with Gasteiger partial charge in [0.15, 0.2) is 0 Å². The summed E-state index contributed by atoms with van der Waals surface area (Å²) in [6.45, 7) is 7.92. The fourth-order valence-electron chi connectivity index (χ4n) is 2.02. The maximum Gasteiger partial charge on any atom is 0.409 e. The number of nitrogens with two attached hydrogens (primary N) is 1. The minimum absolute atomic E-state index is 0.138. The second-order valence-electron chi connectivity index (χ2n) is 4.78. The standard InChI is InChI=1S/C11H22N2O2/c1-4-15-10(14)13-7-5-9(6-8-13)11(2,3)12/h9H,4-8,12H2,1-3H3. The second-order valence-corrected chi connectivity index (χ2v) is 4.78. The van der Waals surface area contributed by atoms with E-state index in [1.165, 1.54) is 0 Å². The Morgan fingerprint density at radius 1 is 1.47 bits per heavy atom. The van der Waals surface area contributed by atoms with E-state index in [1.54, 1.807) is 4.90 Å². The minimum atomic E-state index is -0.189. The largest absolute Gasteiger partial charge is 0.450 e. The van der Waals surface area contributed by atoms with Crippen molar-refractivity contribution < 1.29 is 9.53 Å². The van der Waals surface area contributed by atoms with Gasteiger partial charge in [0, 0.05) is 18.6 Å². The number of carbonyl (C=O) groups excluding carboxylic acids is 1. The SMILES string of the molecule is CCOC(=O)N1CCC(C(C)(C)N)CC1. The molecule has 2 N–H and O–H groups in total. The molecule has 1 heterocycles. The molecule has 1 saturated heterocycles. The fourth-order valence-corrected chi connectivity index (χ4v) is 2.02. The monoisotopic (exact) mass is 214 g/mol. The average molecular weight is 214 g/mol. The average Bonchev–Trinajstić information content (AvgIpc) is 2.17. The summed E-state index contributed by atoms with van der Waals surface area (Å²) in [5.74, 6) is 0.503. The van der Waals surface area contributed by atoms with Crippen molar-refractivity contribution in [3.63, 3.8) is 0 Å². The number of hydrogen-bond acceptors (Lipinski definition) is 3. The number of likely N-dealkylation sites (tertiary alicyclic amines) is 1. The molecule has 88 valence electrons. The Morgan fingerprint density at radius 2 is 2.00 bits per heavy atom. The molecule has 0 radical (unpaired) electrons. The normalized spacial score (nSPS) is 19.1. The van der Waals surface area contributed by atoms with Gasteiger partial charge in [-0.25, -0.2) is 4.79 Å². The molecule has 1 aliphatic rings. The number of piperidine rings is 1. The van der Waals surface area contributed by atoms with Gasteiger partial charge in [-0.05, 0) is 39.5 Å². The Balaban J connectivity index is 2.39. The van der Waals surface area contributed by atoms with Crippen LogP contribution in [0.3, 0.4) is 0 Å². The highest BCUT2D eigenvalue weighted by Crippen LogP contribution is 2.26. The zero-order valence-electron chi connectivity index (χ0n) is 9.95. The van der Waals surface area contributed by atoms with E-state index in [9.17, 15) is 4.79 Å². The van der Waals surface area contributed by atoms with Crippen molar-refractivity contribution in [3.8, 4) is 0 Å². The van der Waals surface area contributed by atoms with Gasteiger partial charge < -0.3 is 15.4 Å². The summed E-state index contributed by atoms with van der Waals surface area (Å²) in [6, 6.07) is 0. The second kappa shape index (κ2) is 4.84. The maximum atomic E-state index is 11.4. The highest BCUT2D eigenvalue weighted by Gasteiger charge is 2.31. The predicted molar refractivity (Wildman–Crippen MR) is 59.6 cm³/mol. The lowest BCUT2D eigenvalue weighted by Crippen LogP contribution is -2.48. The zero-order chi connectivity index (χ0) is 11.5. The van der Waals surface area contributed by atoms with Gasteiger partial charge >= 0.3 is 6.09 Å². The van der Waals surface area contributed by atoms with Crippen LogP contribution in [0.5, 0.6) is 0 Å². The van der Waals surface area contributed by atoms with Crippen molar-refractivity contribution in [2.75, 3.05) is 19.7 Å². The molecule has 0 saturated carbocycles. The quantitative estimate of drug-likeness (QED) is 0.759. The van der Waals surface area contributed by atoms with Gasteiger partial charge in [-0.3, -0.25) is 0 Å². The molecule has 0 aromatic carbocycles. The van der Waals surface area contributed by atoms with Crippen LogP contribution in [0.1, 0.15) is 33.6 Å².